The highest BCUT2D eigenvalue weighted by Crippen LogP contribution is 2.39. The molecule has 2 aliphatic carbocycles. The van der Waals surface area contributed by atoms with Gasteiger partial charge in [0.2, 0.25) is 5.78 Å². The van der Waals surface area contributed by atoms with Crippen LogP contribution in [0.25, 0.3) is 0 Å². The maximum atomic E-state index is 15.1. The Bertz CT molecular complexity index is 849. The van der Waals surface area contributed by atoms with Gasteiger partial charge in [0.25, 0.3) is 0 Å². The van der Waals surface area contributed by atoms with Gasteiger partial charge >= 0.3 is 0 Å². The summed E-state index contributed by atoms with van der Waals surface area (Å²) in [6, 6.07) is 5.46. The molecule has 0 aliphatic heterocycles. The van der Waals surface area contributed by atoms with Crippen LogP contribution in [0.15, 0.2) is 24.5 Å². The van der Waals surface area contributed by atoms with E-state index in [1.165, 1.54) is 5.56 Å². The molecule has 25 heavy (non-hydrogen) atoms. The lowest BCUT2D eigenvalue weighted by atomic mass is 9.90. The zero-order chi connectivity index (χ0) is 17.6. The summed E-state index contributed by atoms with van der Waals surface area (Å²) in [5.74, 6) is 0.593. The second kappa shape index (κ2) is 5.90. The second-order valence-corrected chi connectivity index (χ2v) is 7.57. The van der Waals surface area contributed by atoms with Gasteiger partial charge in [-0.25, -0.2) is 14.4 Å². The minimum Gasteiger partial charge on any atom is -0.340 e. The highest BCUT2D eigenvalue weighted by Gasteiger charge is 2.46. The lowest BCUT2D eigenvalue weighted by molar-refractivity contribution is 0.0665. The summed E-state index contributed by atoms with van der Waals surface area (Å²) in [6.45, 7) is 3.89. The predicted octanol–water partition coefficient (Wildman–Crippen LogP) is 4.20. The summed E-state index contributed by atoms with van der Waals surface area (Å²) in [6.07, 6.45) is 5.08. The van der Waals surface area contributed by atoms with Crippen molar-refractivity contribution in [3.8, 4) is 0 Å². The van der Waals surface area contributed by atoms with Gasteiger partial charge in [0.1, 0.15) is 12.1 Å². The smallest absolute Gasteiger partial charge is 0.200 e. The average molecular weight is 339 g/mol. The van der Waals surface area contributed by atoms with Crippen LogP contribution in [0.5, 0.6) is 0 Å². The van der Waals surface area contributed by atoms with Gasteiger partial charge in [0.05, 0.1) is 0 Å². The van der Waals surface area contributed by atoms with Crippen molar-refractivity contribution in [2.75, 3.05) is 5.32 Å². The molecule has 1 unspecified atom stereocenters. The summed E-state index contributed by atoms with van der Waals surface area (Å²) in [5.41, 5.74) is 2.65. The van der Waals surface area contributed by atoms with Crippen LogP contribution in [0.2, 0.25) is 0 Å². The molecule has 1 heterocycles. The first-order valence-electron chi connectivity index (χ1n) is 8.93. The molecule has 2 aliphatic rings. The highest BCUT2D eigenvalue weighted by molar-refractivity contribution is 6.07. The first kappa shape index (κ1) is 16.2. The highest BCUT2D eigenvalue weighted by atomic mass is 19.1. The number of alkyl halides is 1. The Kier molecular flexibility index (Phi) is 3.82. The van der Waals surface area contributed by atoms with Crippen molar-refractivity contribution >= 4 is 17.3 Å². The number of nitrogens with zero attached hydrogens (tertiary/aromatic N) is 2. The Morgan fingerprint density at radius 2 is 2.12 bits per heavy atom. The maximum absolute atomic E-state index is 15.1. The topological polar surface area (TPSA) is 54.9 Å². The van der Waals surface area contributed by atoms with Crippen LogP contribution in [0.4, 0.5) is 15.9 Å². The van der Waals surface area contributed by atoms with Crippen LogP contribution in [0.3, 0.4) is 0 Å². The summed E-state index contributed by atoms with van der Waals surface area (Å²) < 4.78 is 15.1. The Morgan fingerprint density at radius 1 is 1.28 bits per heavy atom. The van der Waals surface area contributed by atoms with Crippen molar-refractivity contribution in [2.24, 2.45) is 5.92 Å². The van der Waals surface area contributed by atoms with Crippen LogP contribution in [0.1, 0.15) is 53.9 Å². The molecule has 0 bridgehead atoms. The van der Waals surface area contributed by atoms with E-state index in [0.717, 1.165) is 42.0 Å². The molecule has 0 fully saturated rings. The number of rotatable bonds is 4. The predicted molar refractivity (Wildman–Crippen MR) is 95.1 cm³/mol. The SMILES string of the molecule is CC(C)CC1(F)Cc2cc(Nc3ncnc4c3CCC4)ccc2C1=O. The number of ketones is 1. The molecule has 5 heteroatoms. The van der Waals surface area contributed by atoms with Gasteiger partial charge in [-0.3, -0.25) is 4.79 Å². The molecule has 0 saturated heterocycles. The third-order valence-corrected chi connectivity index (χ3v) is 5.10. The molecular weight excluding hydrogens is 317 g/mol. The van der Waals surface area contributed by atoms with Crippen molar-refractivity contribution in [1.29, 1.82) is 0 Å². The van der Waals surface area contributed by atoms with E-state index in [0.29, 0.717) is 5.56 Å². The molecule has 1 atom stereocenters. The van der Waals surface area contributed by atoms with Crippen molar-refractivity contribution < 1.29 is 9.18 Å². The summed E-state index contributed by atoms with van der Waals surface area (Å²) in [7, 11) is 0. The molecule has 0 spiro atoms. The third-order valence-electron chi connectivity index (χ3n) is 5.10. The van der Waals surface area contributed by atoms with E-state index in [9.17, 15) is 4.79 Å². The normalized spacial score (nSPS) is 21.5. The molecule has 4 nitrogen and oxygen atoms in total. The Balaban J connectivity index is 1.61. The molecule has 2 aromatic rings. The van der Waals surface area contributed by atoms with E-state index in [-0.39, 0.29) is 24.5 Å². The monoisotopic (exact) mass is 339 g/mol. The molecule has 0 radical (unpaired) electrons. The number of nitrogens with one attached hydrogen (secondary N) is 1. The first-order chi connectivity index (χ1) is 12.0. The van der Waals surface area contributed by atoms with Gasteiger partial charge in [-0.05, 0) is 55.4 Å². The number of carbonyl (C=O) groups is 1. The summed E-state index contributed by atoms with van der Waals surface area (Å²) in [4.78, 5) is 21.2. The standard InChI is InChI=1S/C20H22FN3O/c1-12(2)9-20(21)10-13-8-14(6-7-15(13)18(20)25)24-19-16-4-3-5-17(16)22-11-23-19/h6-8,11-12H,3-5,9-10H2,1-2H3,(H,22,23,24). The van der Waals surface area contributed by atoms with E-state index in [2.05, 4.69) is 15.3 Å². The van der Waals surface area contributed by atoms with E-state index in [1.54, 1.807) is 12.4 Å². The number of fused-ring (bicyclic) bond motifs is 2. The van der Waals surface area contributed by atoms with Gasteiger partial charge in [-0.1, -0.05) is 13.8 Å². The van der Waals surface area contributed by atoms with Crippen molar-refractivity contribution in [3.63, 3.8) is 0 Å². The Morgan fingerprint density at radius 3 is 2.92 bits per heavy atom. The first-order valence-corrected chi connectivity index (χ1v) is 8.93. The van der Waals surface area contributed by atoms with Crippen LogP contribution >= 0.6 is 0 Å². The molecule has 4 rings (SSSR count). The number of anilines is 2. The van der Waals surface area contributed by atoms with E-state index in [4.69, 9.17) is 0 Å². The third kappa shape index (κ3) is 2.81. The molecule has 1 aromatic heterocycles. The van der Waals surface area contributed by atoms with Gasteiger partial charge in [0.15, 0.2) is 5.67 Å². The molecule has 130 valence electrons. The number of hydrogen-bond acceptors (Lipinski definition) is 4. The minimum absolute atomic E-state index is 0.143. The fraction of sp³-hybridized carbons (Fsp3) is 0.450. The summed E-state index contributed by atoms with van der Waals surface area (Å²) >= 11 is 0. The fourth-order valence-electron chi connectivity index (χ4n) is 4.08. The zero-order valence-corrected chi connectivity index (χ0v) is 14.6. The van der Waals surface area contributed by atoms with Crippen molar-refractivity contribution in [3.05, 3.63) is 46.9 Å². The van der Waals surface area contributed by atoms with Crippen molar-refractivity contribution in [1.82, 2.24) is 9.97 Å². The van der Waals surface area contributed by atoms with Crippen LogP contribution in [-0.4, -0.2) is 21.4 Å². The number of carbonyl (C=O) groups excluding carboxylic acids is 1. The van der Waals surface area contributed by atoms with Gasteiger partial charge in [-0.15, -0.1) is 0 Å². The lowest BCUT2D eigenvalue weighted by Crippen LogP contribution is -2.32. The molecule has 0 amide bonds. The van der Waals surface area contributed by atoms with E-state index < -0.39 is 5.67 Å². The molecule has 0 saturated carbocycles. The number of benzene rings is 1. The molecule has 1 N–H and O–H groups in total. The minimum atomic E-state index is -1.76. The van der Waals surface area contributed by atoms with Crippen LogP contribution in [0, 0.1) is 5.92 Å². The van der Waals surface area contributed by atoms with Gasteiger partial charge in [0, 0.05) is 28.9 Å². The van der Waals surface area contributed by atoms with E-state index >= 15 is 4.39 Å². The summed E-state index contributed by atoms with van der Waals surface area (Å²) in [5, 5.41) is 3.33. The van der Waals surface area contributed by atoms with Crippen LogP contribution in [-0.2, 0) is 19.3 Å². The molecule has 1 aromatic carbocycles. The second-order valence-electron chi connectivity index (χ2n) is 7.57. The number of Topliss-reactive ketones (excluding diaryl/α,β-unsaturated/α-hetero) is 1. The Hall–Kier alpha value is -2.30. The zero-order valence-electron chi connectivity index (χ0n) is 14.6. The van der Waals surface area contributed by atoms with Crippen LogP contribution < -0.4 is 5.32 Å². The van der Waals surface area contributed by atoms with E-state index in [1.807, 2.05) is 26.0 Å². The lowest BCUT2D eigenvalue weighted by Gasteiger charge is -2.19. The number of halogens is 1. The largest absolute Gasteiger partial charge is 0.340 e. The van der Waals surface area contributed by atoms with Gasteiger partial charge in [-0.2, -0.15) is 0 Å². The van der Waals surface area contributed by atoms with Crippen molar-refractivity contribution in [2.45, 2.75) is 51.6 Å². The number of hydrogen-bond donors (Lipinski definition) is 1. The number of aryl methyl sites for hydroxylation is 1. The van der Waals surface area contributed by atoms with Gasteiger partial charge < -0.3 is 5.32 Å². The molecular formula is C20H22FN3O. The fourth-order valence-corrected chi connectivity index (χ4v) is 4.08. The number of aromatic nitrogens is 2. The maximum Gasteiger partial charge on any atom is 0.200 e. The average Bonchev–Trinajstić information content (AvgIpc) is 3.11. The quantitative estimate of drug-likeness (QED) is 0.907. The Labute approximate surface area is 146 Å².